The number of hydrogen-bond acceptors (Lipinski definition) is 2. The largest absolute Gasteiger partial charge is 0.384 e. The molecule has 0 amide bonds. The van der Waals surface area contributed by atoms with Gasteiger partial charge in [-0.2, -0.15) is 0 Å². The van der Waals surface area contributed by atoms with Gasteiger partial charge in [-0.3, -0.25) is 4.79 Å². The highest BCUT2D eigenvalue weighted by molar-refractivity contribution is 5.41. The first-order valence-electron chi connectivity index (χ1n) is 3.11. The van der Waals surface area contributed by atoms with Crippen LogP contribution in [0.3, 0.4) is 0 Å². The molecule has 0 unspecified atom stereocenters. The van der Waals surface area contributed by atoms with Crippen LogP contribution in [0, 0.1) is 6.92 Å². The zero-order valence-corrected chi connectivity index (χ0v) is 6.06. The van der Waals surface area contributed by atoms with Crippen LogP contribution in [0.25, 0.3) is 0 Å². The third-order valence-corrected chi connectivity index (χ3v) is 1.32. The number of aromatic nitrogens is 1. The number of aromatic amines is 1. The van der Waals surface area contributed by atoms with Crippen molar-refractivity contribution in [2.24, 2.45) is 0 Å². The lowest BCUT2D eigenvalue weighted by atomic mass is 10.3. The summed E-state index contributed by atoms with van der Waals surface area (Å²) >= 11 is 0. The minimum Gasteiger partial charge on any atom is -0.384 e. The van der Waals surface area contributed by atoms with Gasteiger partial charge in [0, 0.05) is 13.2 Å². The summed E-state index contributed by atoms with van der Waals surface area (Å²) in [5.41, 5.74) is 1.58. The summed E-state index contributed by atoms with van der Waals surface area (Å²) in [6.07, 6.45) is 1.68. The molecular formula is C7H10N2O. The molecule has 1 heterocycles. The Kier molecular flexibility index (Phi) is 1.76. The summed E-state index contributed by atoms with van der Waals surface area (Å²) in [5.74, 6) is 0. The highest BCUT2D eigenvalue weighted by Crippen LogP contribution is 1.98. The van der Waals surface area contributed by atoms with Gasteiger partial charge < -0.3 is 10.3 Å². The van der Waals surface area contributed by atoms with Gasteiger partial charge in [-0.15, -0.1) is 0 Å². The summed E-state index contributed by atoms with van der Waals surface area (Å²) in [6, 6.07) is 1.80. The van der Waals surface area contributed by atoms with Crippen LogP contribution in [-0.2, 0) is 0 Å². The molecule has 54 valence electrons. The fraction of sp³-hybridized carbons (Fsp3) is 0.286. The summed E-state index contributed by atoms with van der Waals surface area (Å²) in [5, 5.41) is 2.79. The lowest BCUT2D eigenvalue weighted by Crippen LogP contribution is -2.10. The van der Waals surface area contributed by atoms with Gasteiger partial charge in [-0.05, 0) is 18.6 Å². The van der Waals surface area contributed by atoms with E-state index in [2.05, 4.69) is 10.3 Å². The Balaban J connectivity index is 3.22. The van der Waals surface area contributed by atoms with Crippen molar-refractivity contribution in [3.63, 3.8) is 0 Å². The SMILES string of the molecule is CNc1cc(C)c[nH]c1=O. The molecule has 0 spiro atoms. The zero-order valence-electron chi connectivity index (χ0n) is 6.06. The number of aryl methyl sites for hydroxylation is 1. The van der Waals surface area contributed by atoms with Gasteiger partial charge >= 0.3 is 0 Å². The number of anilines is 1. The van der Waals surface area contributed by atoms with Crippen molar-refractivity contribution in [1.29, 1.82) is 0 Å². The van der Waals surface area contributed by atoms with Gasteiger partial charge in [0.2, 0.25) is 0 Å². The second-order valence-electron chi connectivity index (χ2n) is 2.17. The maximum Gasteiger partial charge on any atom is 0.271 e. The van der Waals surface area contributed by atoms with Crippen molar-refractivity contribution >= 4 is 5.69 Å². The molecule has 1 aromatic rings. The molecular weight excluding hydrogens is 128 g/mol. The van der Waals surface area contributed by atoms with Crippen molar-refractivity contribution in [3.05, 3.63) is 28.2 Å². The molecule has 2 N–H and O–H groups in total. The molecule has 3 heteroatoms. The predicted molar refractivity (Wildman–Crippen MR) is 41.3 cm³/mol. The van der Waals surface area contributed by atoms with Crippen LogP contribution in [0.2, 0.25) is 0 Å². The molecule has 0 fully saturated rings. The Bertz CT molecular complexity index is 277. The van der Waals surface area contributed by atoms with Gasteiger partial charge in [0.15, 0.2) is 0 Å². The summed E-state index contributed by atoms with van der Waals surface area (Å²) in [4.78, 5) is 13.5. The summed E-state index contributed by atoms with van der Waals surface area (Å²) in [6.45, 7) is 1.93. The monoisotopic (exact) mass is 138 g/mol. The Morgan fingerprint density at radius 1 is 1.60 bits per heavy atom. The predicted octanol–water partition coefficient (Wildman–Crippen LogP) is 0.725. The zero-order chi connectivity index (χ0) is 7.56. The smallest absolute Gasteiger partial charge is 0.271 e. The molecule has 10 heavy (non-hydrogen) atoms. The molecule has 0 saturated carbocycles. The second-order valence-corrected chi connectivity index (χ2v) is 2.17. The van der Waals surface area contributed by atoms with Crippen LogP contribution in [0.4, 0.5) is 5.69 Å². The van der Waals surface area contributed by atoms with E-state index in [4.69, 9.17) is 0 Å². The minimum atomic E-state index is -0.0758. The lowest BCUT2D eigenvalue weighted by Gasteiger charge is -1.97. The molecule has 0 radical (unpaired) electrons. The van der Waals surface area contributed by atoms with E-state index in [1.807, 2.05) is 6.92 Å². The molecule has 0 saturated heterocycles. The van der Waals surface area contributed by atoms with E-state index in [-0.39, 0.29) is 5.56 Å². The normalized spacial score (nSPS) is 9.40. The Morgan fingerprint density at radius 3 is 2.80 bits per heavy atom. The number of pyridine rings is 1. The van der Waals surface area contributed by atoms with Crippen LogP contribution in [0.15, 0.2) is 17.1 Å². The van der Waals surface area contributed by atoms with E-state index in [0.29, 0.717) is 5.69 Å². The Morgan fingerprint density at radius 2 is 2.30 bits per heavy atom. The molecule has 0 aliphatic rings. The van der Waals surface area contributed by atoms with Crippen molar-refractivity contribution < 1.29 is 0 Å². The van der Waals surface area contributed by atoms with Gasteiger partial charge in [-0.25, -0.2) is 0 Å². The first kappa shape index (κ1) is 6.86. The molecule has 0 aromatic carbocycles. The van der Waals surface area contributed by atoms with Gasteiger partial charge in [0.1, 0.15) is 5.69 Å². The fourth-order valence-electron chi connectivity index (χ4n) is 0.778. The summed E-state index contributed by atoms with van der Waals surface area (Å²) in [7, 11) is 1.73. The quantitative estimate of drug-likeness (QED) is 0.600. The van der Waals surface area contributed by atoms with Crippen molar-refractivity contribution in [3.8, 4) is 0 Å². The number of H-pyrrole nitrogens is 1. The Hall–Kier alpha value is -1.25. The van der Waals surface area contributed by atoms with Crippen LogP contribution >= 0.6 is 0 Å². The highest BCUT2D eigenvalue weighted by Gasteiger charge is 1.93. The highest BCUT2D eigenvalue weighted by atomic mass is 16.1. The van der Waals surface area contributed by atoms with Gasteiger partial charge in [-0.1, -0.05) is 0 Å². The molecule has 3 nitrogen and oxygen atoms in total. The number of hydrogen-bond donors (Lipinski definition) is 2. The van der Waals surface area contributed by atoms with Gasteiger partial charge in [0.05, 0.1) is 0 Å². The topological polar surface area (TPSA) is 44.9 Å². The average molecular weight is 138 g/mol. The minimum absolute atomic E-state index is 0.0758. The standard InChI is InChI=1S/C7H10N2O/c1-5-3-6(8-2)7(10)9-4-5/h3-4,8H,1-2H3,(H,9,10). The molecule has 0 aliphatic heterocycles. The number of rotatable bonds is 1. The van der Waals surface area contributed by atoms with Crippen LogP contribution in [0.1, 0.15) is 5.56 Å². The Labute approximate surface area is 59.1 Å². The fourth-order valence-corrected chi connectivity index (χ4v) is 0.778. The summed E-state index contributed by atoms with van der Waals surface area (Å²) < 4.78 is 0. The third-order valence-electron chi connectivity index (χ3n) is 1.32. The van der Waals surface area contributed by atoms with Crippen LogP contribution in [-0.4, -0.2) is 12.0 Å². The van der Waals surface area contributed by atoms with E-state index < -0.39 is 0 Å². The first-order chi connectivity index (χ1) is 4.74. The number of nitrogens with one attached hydrogen (secondary N) is 2. The van der Waals surface area contributed by atoms with Crippen molar-refractivity contribution in [1.82, 2.24) is 4.98 Å². The van der Waals surface area contributed by atoms with Crippen molar-refractivity contribution in [2.75, 3.05) is 12.4 Å². The van der Waals surface area contributed by atoms with Gasteiger partial charge in [0.25, 0.3) is 5.56 Å². The van der Waals surface area contributed by atoms with Crippen molar-refractivity contribution in [2.45, 2.75) is 6.92 Å². The van der Waals surface area contributed by atoms with E-state index >= 15 is 0 Å². The van der Waals surface area contributed by atoms with E-state index in [0.717, 1.165) is 5.56 Å². The molecule has 0 bridgehead atoms. The second kappa shape index (κ2) is 2.56. The maximum absolute atomic E-state index is 10.9. The third kappa shape index (κ3) is 1.18. The molecule has 1 rings (SSSR count). The van der Waals surface area contributed by atoms with E-state index in [9.17, 15) is 4.79 Å². The average Bonchev–Trinajstić information content (AvgIpc) is 1.94. The van der Waals surface area contributed by atoms with E-state index in [1.54, 1.807) is 19.3 Å². The maximum atomic E-state index is 10.9. The van der Waals surface area contributed by atoms with Crippen LogP contribution < -0.4 is 10.9 Å². The van der Waals surface area contributed by atoms with Crippen LogP contribution in [0.5, 0.6) is 0 Å². The molecule has 0 atom stereocenters. The molecule has 0 aliphatic carbocycles. The molecule has 1 aromatic heterocycles. The lowest BCUT2D eigenvalue weighted by molar-refractivity contribution is 1.19. The van der Waals surface area contributed by atoms with E-state index in [1.165, 1.54) is 0 Å². The first-order valence-corrected chi connectivity index (χ1v) is 3.11.